The number of rotatable bonds is 6. The first-order valence-corrected chi connectivity index (χ1v) is 10.7. The fraction of sp³-hybridized carbons (Fsp3) is 0.174. The van der Waals surface area contributed by atoms with Gasteiger partial charge in [0, 0.05) is 23.4 Å². The van der Waals surface area contributed by atoms with Crippen LogP contribution in [-0.4, -0.2) is 20.8 Å². The number of nitro benzene ring substituents is 1. The Hall–Kier alpha value is -3.65. The maximum Gasteiger partial charge on any atom is 0.273 e. The Balaban J connectivity index is 1.83. The average molecular weight is 433 g/mol. The molecular formula is C23H20N4O3S. The number of carbonyl (C=O) groups excluding carboxylic acids is 1. The lowest BCUT2D eigenvalue weighted by atomic mass is 10.1. The second-order valence-electron chi connectivity index (χ2n) is 7.03. The lowest BCUT2D eigenvalue weighted by Crippen LogP contribution is -2.31. The number of benzene rings is 2. The second kappa shape index (κ2) is 8.61. The number of carbonyl (C=O) groups is 1. The molecule has 7 nitrogen and oxygen atoms in total. The molecule has 31 heavy (non-hydrogen) atoms. The van der Waals surface area contributed by atoms with Gasteiger partial charge in [-0.05, 0) is 43.2 Å². The summed E-state index contributed by atoms with van der Waals surface area (Å²) in [6.07, 6.45) is 2.50. The number of para-hydroxylation sites is 1. The van der Waals surface area contributed by atoms with E-state index in [1.807, 2.05) is 36.4 Å². The number of hydrogen-bond donors (Lipinski definition) is 0. The molecule has 0 saturated carbocycles. The van der Waals surface area contributed by atoms with E-state index in [-0.39, 0.29) is 23.7 Å². The third-order valence-electron chi connectivity index (χ3n) is 5.13. The monoisotopic (exact) mass is 432 g/mol. The highest BCUT2D eigenvalue weighted by molar-refractivity contribution is 7.22. The fourth-order valence-electron chi connectivity index (χ4n) is 3.47. The zero-order valence-corrected chi connectivity index (χ0v) is 17.9. The normalized spacial score (nSPS) is 10.9. The van der Waals surface area contributed by atoms with Gasteiger partial charge in [0.2, 0.25) is 0 Å². The quantitative estimate of drug-likeness (QED) is 0.304. The van der Waals surface area contributed by atoms with Gasteiger partial charge >= 0.3 is 0 Å². The van der Waals surface area contributed by atoms with Crippen molar-refractivity contribution in [2.75, 3.05) is 4.90 Å². The smallest absolute Gasteiger partial charge is 0.273 e. The third-order valence-corrected chi connectivity index (χ3v) is 6.17. The number of nitrogens with zero attached hydrogens (tertiary/aromatic N) is 4. The molecule has 2 aromatic carbocycles. The molecule has 0 atom stereocenters. The van der Waals surface area contributed by atoms with Crippen LogP contribution in [0.1, 0.15) is 34.1 Å². The largest absolute Gasteiger partial charge is 0.278 e. The third kappa shape index (κ3) is 4.02. The first kappa shape index (κ1) is 20.6. The number of amides is 1. The van der Waals surface area contributed by atoms with Crippen molar-refractivity contribution >= 4 is 38.3 Å². The van der Waals surface area contributed by atoms with Gasteiger partial charge in [-0.2, -0.15) is 0 Å². The SMILES string of the molecule is CCc1cccc2sc(N(Cc3ccccn3)C(=O)c3cccc([N+](=O)[O-])c3C)nc12. The van der Waals surface area contributed by atoms with Crippen molar-refractivity contribution in [3.05, 3.63) is 93.3 Å². The predicted molar refractivity (Wildman–Crippen MR) is 122 cm³/mol. The maximum absolute atomic E-state index is 13.6. The molecular weight excluding hydrogens is 412 g/mol. The molecule has 2 heterocycles. The standard InChI is InChI=1S/C23H20N4O3S/c1-3-16-8-6-12-20-21(16)25-23(31-20)26(14-17-9-4-5-13-24-17)22(28)18-10-7-11-19(15(18)2)27(29)30/h4-13H,3,14H2,1-2H3. The first-order chi connectivity index (χ1) is 15.0. The molecule has 0 saturated heterocycles. The summed E-state index contributed by atoms with van der Waals surface area (Å²) in [4.78, 5) is 35.2. The van der Waals surface area contributed by atoms with Crippen LogP contribution in [-0.2, 0) is 13.0 Å². The van der Waals surface area contributed by atoms with Gasteiger partial charge in [-0.15, -0.1) is 0 Å². The molecule has 8 heteroatoms. The van der Waals surface area contributed by atoms with E-state index < -0.39 is 4.92 Å². The van der Waals surface area contributed by atoms with Crippen molar-refractivity contribution in [1.29, 1.82) is 0 Å². The molecule has 0 N–H and O–H groups in total. The van der Waals surface area contributed by atoms with Crippen molar-refractivity contribution in [3.63, 3.8) is 0 Å². The second-order valence-corrected chi connectivity index (χ2v) is 8.04. The van der Waals surface area contributed by atoms with Crippen LogP contribution in [0.4, 0.5) is 10.8 Å². The summed E-state index contributed by atoms with van der Waals surface area (Å²) >= 11 is 1.43. The topological polar surface area (TPSA) is 89.2 Å². The van der Waals surface area contributed by atoms with Crippen molar-refractivity contribution in [3.8, 4) is 0 Å². The Labute approximate surface area is 183 Å². The first-order valence-electron chi connectivity index (χ1n) is 9.83. The molecule has 0 aliphatic heterocycles. The Kier molecular flexibility index (Phi) is 5.73. The van der Waals surface area contributed by atoms with Crippen molar-refractivity contribution < 1.29 is 9.72 Å². The summed E-state index contributed by atoms with van der Waals surface area (Å²) in [5.74, 6) is -0.344. The van der Waals surface area contributed by atoms with E-state index in [1.54, 1.807) is 24.1 Å². The molecule has 0 aliphatic carbocycles. The van der Waals surface area contributed by atoms with E-state index in [2.05, 4.69) is 11.9 Å². The molecule has 1 amide bonds. The van der Waals surface area contributed by atoms with Gasteiger partial charge in [0.25, 0.3) is 11.6 Å². The van der Waals surface area contributed by atoms with E-state index in [1.165, 1.54) is 23.5 Å². The van der Waals surface area contributed by atoms with Gasteiger partial charge in [-0.3, -0.25) is 24.8 Å². The molecule has 0 unspecified atom stereocenters. The van der Waals surface area contributed by atoms with E-state index in [0.29, 0.717) is 16.4 Å². The Morgan fingerprint density at radius 2 is 1.94 bits per heavy atom. The fourth-order valence-corrected chi connectivity index (χ4v) is 4.48. The average Bonchev–Trinajstić information content (AvgIpc) is 3.21. The molecule has 0 radical (unpaired) electrons. The number of aromatic nitrogens is 2. The molecule has 0 fully saturated rings. The van der Waals surface area contributed by atoms with Crippen LogP contribution < -0.4 is 4.90 Å². The minimum Gasteiger partial charge on any atom is -0.278 e. The highest BCUT2D eigenvalue weighted by atomic mass is 32.1. The highest BCUT2D eigenvalue weighted by Gasteiger charge is 2.26. The highest BCUT2D eigenvalue weighted by Crippen LogP contribution is 2.33. The Bertz CT molecular complexity index is 1270. The number of aryl methyl sites for hydroxylation is 1. The number of pyridine rings is 1. The molecule has 4 rings (SSSR count). The summed E-state index contributed by atoms with van der Waals surface area (Å²) < 4.78 is 0.990. The van der Waals surface area contributed by atoms with Crippen LogP contribution in [0.15, 0.2) is 60.8 Å². The van der Waals surface area contributed by atoms with Crippen molar-refractivity contribution in [2.45, 2.75) is 26.8 Å². The minimum atomic E-state index is -0.472. The van der Waals surface area contributed by atoms with Crippen LogP contribution in [0.2, 0.25) is 0 Å². The number of hydrogen-bond acceptors (Lipinski definition) is 6. The lowest BCUT2D eigenvalue weighted by Gasteiger charge is -2.20. The predicted octanol–water partition coefficient (Wildman–Crippen LogP) is 5.32. The van der Waals surface area contributed by atoms with Crippen molar-refractivity contribution in [2.24, 2.45) is 0 Å². The van der Waals surface area contributed by atoms with Crippen molar-refractivity contribution in [1.82, 2.24) is 9.97 Å². The van der Waals surface area contributed by atoms with Crippen LogP contribution in [0.3, 0.4) is 0 Å². The van der Waals surface area contributed by atoms with E-state index in [0.717, 1.165) is 22.2 Å². The molecule has 0 aliphatic rings. The zero-order valence-electron chi connectivity index (χ0n) is 17.1. The maximum atomic E-state index is 13.6. The van der Waals surface area contributed by atoms with Crippen LogP contribution in [0, 0.1) is 17.0 Å². The zero-order chi connectivity index (χ0) is 22.0. The van der Waals surface area contributed by atoms with Gasteiger partial charge in [-0.1, -0.05) is 42.5 Å². The van der Waals surface area contributed by atoms with E-state index >= 15 is 0 Å². The number of anilines is 1. The number of nitro groups is 1. The van der Waals surface area contributed by atoms with Gasteiger partial charge in [-0.25, -0.2) is 4.98 Å². The van der Waals surface area contributed by atoms with Gasteiger partial charge in [0.1, 0.15) is 0 Å². The van der Waals surface area contributed by atoms with Crippen LogP contribution >= 0.6 is 11.3 Å². The van der Waals surface area contributed by atoms with E-state index in [4.69, 9.17) is 4.98 Å². The summed E-state index contributed by atoms with van der Waals surface area (Å²) in [6, 6.07) is 16.1. The van der Waals surface area contributed by atoms with E-state index in [9.17, 15) is 14.9 Å². The molecule has 0 spiro atoms. The van der Waals surface area contributed by atoms with Gasteiger partial charge in [0.15, 0.2) is 5.13 Å². The summed E-state index contributed by atoms with van der Waals surface area (Å²) in [5, 5.41) is 11.9. The Morgan fingerprint density at radius 3 is 2.65 bits per heavy atom. The number of thiazole rings is 1. The molecule has 2 aromatic heterocycles. The molecule has 156 valence electrons. The number of fused-ring (bicyclic) bond motifs is 1. The summed E-state index contributed by atoms with van der Waals surface area (Å²) in [6.45, 7) is 3.87. The van der Waals surface area contributed by atoms with Gasteiger partial charge < -0.3 is 0 Å². The molecule has 0 bridgehead atoms. The summed E-state index contributed by atoms with van der Waals surface area (Å²) in [5.41, 5.74) is 3.21. The van der Waals surface area contributed by atoms with Crippen LogP contribution in [0.5, 0.6) is 0 Å². The molecule has 4 aromatic rings. The summed E-state index contributed by atoms with van der Waals surface area (Å²) in [7, 11) is 0. The Morgan fingerprint density at radius 1 is 1.13 bits per heavy atom. The lowest BCUT2D eigenvalue weighted by molar-refractivity contribution is -0.385. The van der Waals surface area contributed by atoms with Crippen LogP contribution in [0.25, 0.3) is 10.2 Å². The van der Waals surface area contributed by atoms with Gasteiger partial charge in [0.05, 0.1) is 27.4 Å². The minimum absolute atomic E-state index is 0.0822.